The van der Waals surface area contributed by atoms with Gasteiger partial charge < -0.3 is 5.32 Å². The van der Waals surface area contributed by atoms with Crippen molar-refractivity contribution in [3.8, 4) is 10.6 Å². The van der Waals surface area contributed by atoms with Gasteiger partial charge in [-0.1, -0.05) is 30.3 Å². The number of benzene rings is 1. The molecule has 0 amide bonds. The molecule has 0 fully saturated rings. The third-order valence-corrected chi connectivity index (χ3v) is 4.48. The third kappa shape index (κ3) is 2.66. The van der Waals surface area contributed by atoms with E-state index < -0.39 is 0 Å². The highest BCUT2D eigenvalue weighted by atomic mass is 32.1. The maximum atomic E-state index is 4.67. The fraction of sp³-hybridized carbons (Fsp3) is 0.125. The zero-order valence-electron chi connectivity index (χ0n) is 12.5. The molecular formula is C16H14N6S. The van der Waals surface area contributed by atoms with Crippen LogP contribution in [0.15, 0.2) is 48.2 Å². The molecule has 3 heterocycles. The maximum absolute atomic E-state index is 4.67. The SMILES string of the molecule is Cn1ncc2c(NCc3csc(-c4ccccc4)n3)ncnc21. The van der Waals surface area contributed by atoms with E-state index in [1.165, 1.54) is 0 Å². The molecule has 0 unspecified atom stereocenters. The first-order chi connectivity index (χ1) is 11.3. The molecule has 0 aliphatic carbocycles. The highest BCUT2D eigenvalue weighted by Crippen LogP contribution is 2.24. The summed E-state index contributed by atoms with van der Waals surface area (Å²) in [6, 6.07) is 10.2. The zero-order chi connectivity index (χ0) is 15.6. The number of nitrogens with zero attached hydrogens (tertiary/aromatic N) is 5. The zero-order valence-corrected chi connectivity index (χ0v) is 13.3. The lowest BCUT2D eigenvalue weighted by Gasteiger charge is -2.04. The van der Waals surface area contributed by atoms with Crippen LogP contribution in [0.2, 0.25) is 0 Å². The molecule has 4 rings (SSSR count). The molecule has 4 aromatic rings. The van der Waals surface area contributed by atoms with Gasteiger partial charge in [-0.15, -0.1) is 11.3 Å². The first-order valence-corrected chi connectivity index (χ1v) is 8.05. The fourth-order valence-electron chi connectivity index (χ4n) is 2.38. The lowest BCUT2D eigenvalue weighted by molar-refractivity contribution is 0.785. The number of hydrogen-bond acceptors (Lipinski definition) is 6. The minimum atomic E-state index is 0.615. The molecule has 7 heteroatoms. The second-order valence-electron chi connectivity index (χ2n) is 5.09. The summed E-state index contributed by atoms with van der Waals surface area (Å²) in [4.78, 5) is 13.2. The Labute approximate surface area is 136 Å². The van der Waals surface area contributed by atoms with Crippen molar-refractivity contribution in [1.82, 2.24) is 24.7 Å². The lowest BCUT2D eigenvalue weighted by atomic mass is 10.2. The van der Waals surface area contributed by atoms with Gasteiger partial charge in [0.15, 0.2) is 5.65 Å². The molecule has 0 aliphatic rings. The van der Waals surface area contributed by atoms with Gasteiger partial charge in [-0.05, 0) is 0 Å². The largest absolute Gasteiger partial charge is 0.364 e. The van der Waals surface area contributed by atoms with Crippen LogP contribution in [0.3, 0.4) is 0 Å². The third-order valence-electron chi connectivity index (χ3n) is 3.54. The molecule has 0 spiro atoms. The van der Waals surface area contributed by atoms with E-state index in [0.29, 0.717) is 6.54 Å². The fourth-order valence-corrected chi connectivity index (χ4v) is 3.20. The van der Waals surface area contributed by atoms with Crippen LogP contribution in [-0.2, 0) is 13.6 Å². The molecule has 1 N–H and O–H groups in total. The number of aromatic nitrogens is 5. The van der Waals surface area contributed by atoms with Crippen LogP contribution in [0, 0.1) is 0 Å². The van der Waals surface area contributed by atoms with Gasteiger partial charge in [0.1, 0.15) is 17.2 Å². The minimum Gasteiger partial charge on any atom is -0.364 e. The molecule has 0 aliphatic heterocycles. The molecule has 0 saturated carbocycles. The standard InChI is InChI=1S/C16H14N6S/c1-22-15-13(8-20-22)14(18-10-19-15)17-7-12-9-23-16(21-12)11-5-3-2-4-6-11/h2-6,8-10H,7H2,1H3,(H,17,18,19). The number of hydrogen-bond donors (Lipinski definition) is 1. The number of thiazole rings is 1. The van der Waals surface area contributed by atoms with Gasteiger partial charge in [0.25, 0.3) is 0 Å². The van der Waals surface area contributed by atoms with Crippen LogP contribution in [0.5, 0.6) is 0 Å². The molecule has 0 radical (unpaired) electrons. The van der Waals surface area contributed by atoms with Crippen molar-refractivity contribution in [2.24, 2.45) is 7.05 Å². The van der Waals surface area contributed by atoms with Gasteiger partial charge in [-0.3, -0.25) is 4.68 Å². The minimum absolute atomic E-state index is 0.615. The van der Waals surface area contributed by atoms with Crippen molar-refractivity contribution in [3.05, 3.63) is 53.9 Å². The van der Waals surface area contributed by atoms with E-state index in [4.69, 9.17) is 0 Å². The van der Waals surface area contributed by atoms with Crippen molar-refractivity contribution < 1.29 is 0 Å². The van der Waals surface area contributed by atoms with Crippen molar-refractivity contribution >= 4 is 28.2 Å². The first-order valence-electron chi connectivity index (χ1n) is 7.17. The van der Waals surface area contributed by atoms with Gasteiger partial charge in [0.05, 0.1) is 23.8 Å². The smallest absolute Gasteiger partial charge is 0.163 e. The van der Waals surface area contributed by atoms with Crippen molar-refractivity contribution in [1.29, 1.82) is 0 Å². The summed E-state index contributed by atoms with van der Waals surface area (Å²) in [5.41, 5.74) is 2.94. The molecule has 114 valence electrons. The predicted molar refractivity (Wildman–Crippen MR) is 91.2 cm³/mol. The van der Waals surface area contributed by atoms with Crippen molar-refractivity contribution in [2.45, 2.75) is 6.54 Å². The molecule has 6 nitrogen and oxygen atoms in total. The lowest BCUT2D eigenvalue weighted by Crippen LogP contribution is -2.03. The Kier molecular flexibility index (Phi) is 3.47. The van der Waals surface area contributed by atoms with Crippen molar-refractivity contribution in [2.75, 3.05) is 5.32 Å². The number of nitrogens with one attached hydrogen (secondary N) is 1. The normalized spacial score (nSPS) is 11.0. The second kappa shape index (κ2) is 5.77. The number of fused-ring (bicyclic) bond motifs is 1. The van der Waals surface area contributed by atoms with E-state index in [-0.39, 0.29) is 0 Å². The van der Waals surface area contributed by atoms with Gasteiger partial charge in [0.2, 0.25) is 0 Å². The summed E-state index contributed by atoms with van der Waals surface area (Å²) in [5, 5.41) is 11.5. The average Bonchev–Trinajstić information content (AvgIpc) is 3.22. The van der Waals surface area contributed by atoms with E-state index in [1.54, 1.807) is 28.5 Å². The van der Waals surface area contributed by atoms with Crippen molar-refractivity contribution in [3.63, 3.8) is 0 Å². The summed E-state index contributed by atoms with van der Waals surface area (Å²) >= 11 is 1.65. The highest BCUT2D eigenvalue weighted by molar-refractivity contribution is 7.13. The molecule has 3 aromatic heterocycles. The number of rotatable bonds is 4. The molecule has 23 heavy (non-hydrogen) atoms. The van der Waals surface area contributed by atoms with Crippen LogP contribution in [0.4, 0.5) is 5.82 Å². The number of anilines is 1. The van der Waals surface area contributed by atoms with Crippen LogP contribution >= 0.6 is 11.3 Å². The van der Waals surface area contributed by atoms with Crippen LogP contribution in [0.25, 0.3) is 21.6 Å². The van der Waals surface area contributed by atoms with Gasteiger partial charge in [-0.25, -0.2) is 15.0 Å². The second-order valence-corrected chi connectivity index (χ2v) is 5.95. The van der Waals surface area contributed by atoms with E-state index in [0.717, 1.165) is 33.1 Å². The Bertz CT molecular complexity index is 944. The first kappa shape index (κ1) is 13.8. The molecule has 0 atom stereocenters. The summed E-state index contributed by atoms with van der Waals surface area (Å²) in [6.07, 6.45) is 3.32. The van der Waals surface area contributed by atoms with Crippen LogP contribution in [-0.4, -0.2) is 24.7 Å². The molecular weight excluding hydrogens is 308 g/mol. The van der Waals surface area contributed by atoms with E-state index in [2.05, 4.69) is 42.9 Å². The van der Waals surface area contributed by atoms with Crippen LogP contribution in [0.1, 0.15) is 5.69 Å². The Balaban J connectivity index is 1.54. The Morgan fingerprint density at radius 1 is 1.17 bits per heavy atom. The Morgan fingerprint density at radius 2 is 2.04 bits per heavy atom. The Morgan fingerprint density at radius 3 is 2.91 bits per heavy atom. The maximum Gasteiger partial charge on any atom is 0.163 e. The summed E-state index contributed by atoms with van der Waals surface area (Å²) in [5.74, 6) is 0.775. The summed E-state index contributed by atoms with van der Waals surface area (Å²) in [7, 11) is 1.87. The highest BCUT2D eigenvalue weighted by Gasteiger charge is 2.09. The van der Waals surface area contributed by atoms with E-state index in [9.17, 15) is 0 Å². The van der Waals surface area contributed by atoms with E-state index >= 15 is 0 Å². The molecule has 1 aromatic carbocycles. The van der Waals surface area contributed by atoms with Crippen LogP contribution < -0.4 is 5.32 Å². The number of aryl methyl sites for hydroxylation is 1. The summed E-state index contributed by atoms with van der Waals surface area (Å²) < 4.78 is 1.73. The topological polar surface area (TPSA) is 68.5 Å². The molecule has 0 bridgehead atoms. The Hall–Kier alpha value is -2.80. The van der Waals surface area contributed by atoms with Gasteiger partial charge >= 0.3 is 0 Å². The molecule has 0 saturated heterocycles. The predicted octanol–water partition coefficient (Wildman–Crippen LogP) is 3.10. The van der Waals surface area contributed by atoms with Gasteiger partial charge in [-0.2, -0.15) is 5.10 Å². The average molecular weight is 322 g/mol. The summed E-state index contributed by atoms with van der Waals surface area (Å²) in [6.45, 7) is 0.615. The quantitative estimate of drug-likeness (QED) is 0.625. The van der Waals surface area contributed by atoms with Gasteiger partial charge in [0, 0.05) is 18.0 Å². The monoisotopic (exact) mass is 322 g/mol. The van der Waals surface area contributed by atoms with E-state index in [1.807, 2.05) is 25.2 Å².